The molecule has 0 saturated carbocycles. The topological polar surface area (TPSA) is 79.0 Å². The van der Waals surface area contributed by atoms with Crippen LogP contribution in [0.4, 0.5) is 32.0 Å². The summed E-state index contributed by atoms with van der Waals surface area (Å²) in [4.78, 5) is 10.2. The van der Waals surface area contributed by atoms with E-state index < -0.39 is 65.9 Å². The van der Waals surface area contributed by atoms with E-state index in [4.69, 9.17) is 34.5 Å². The van der Waals surface area contributed by atoms with E-state index in [0.29, 0.717) is 12.1 Å². The molecule has 5 nitrogen and oxygen atoms in total. The van der Waals surface area contributed by atoms with Crippen molar-refractivity contribution >= 4 is 52.8 Å². The molecule has 1 heterocycles. The maximum Gasteiger partial charge on any atom is 0.446 e. The molecule has 0 aliphatic carbocycles. The highest BCUT2D eigenvalue weighted by molar-refractivity contribution is 8.04. The van der Waals surface area contributed by atoms with Crippen molar-refractivity contribution in [1.82, 2.24) is 10.1 Å². The van der Waals surface area contributed by atoms with Gasteiger partial charge in [0, 0.05) is 0 Å². The first-order valence-corrected chi connectivity index (χ1v) is 7.85. The highest BCUT2D eigenvalue weighted by Crippen LogP contribution is 2.46. The molecule has 4 N–H and O–H groups in total. The van der Waals surface area contributed by atoms with E-state index in [1.807, 2.05) is 0 Å². The zero-order valence-corrected chi connectivity index (χ0v) is 14.4. The van der Waals surface area contributed by atoms with Crippen LogP contribution in [0.25, 0.3) is 0 Å². The molecule has 1 aliphatic rings. The van der Waals surface area contributed by atoms with E-state index in [1.165, 1.54) is 0 Å². The fraction of sp³-hybridized carbons (Fsp3) is 0.167. The third-order valence-corrected chi connectivity index (χ3v) is 4.57. The van der Waals surface area contributed by atoms with Crippen molar-refractivity contribution in [2.75, 3.05) is 0 Å². The Hall–Kier alpha value is -1.47. The molecular weight excluding hydrogens is 433 g/mol. The molecule has 1 unspecified atom stereocenters. The van der Waals surface area contributed by atoms with Crippen LogP contribution in [0.15, 0.2) is 22.7 Å². The number of carbonyl (C=O) groups excluding carboxylic acids is 1. The van der Waals surface area contributed by atoms with Crippen molar-refractivity contribution in [3.05, 3.63) is 38.3 Å². The summed E-state index contributed by atoms with van der Waals surface area (Å²) in [6.07, 6.45) is -4.80. The third kappa shape index (κ3) is 3.78. The van der Waals surface area contributed by atoms with E-state index in [0.717, 1.165) is 0 Å². The minimum absolute atomic E-state index is 0.0125. The molecule has 0 aromatic heterocycles. The van der Waals surface area contributed by atoms with Gasteiger partial charge in [-0.05, 0) is 23.9 Å². The van der Waals surface area contributed by atoms with Gasteiger partial charge in [-0.15, -0.1) is 5.84 Å². The average Bonchev–Trinajstić information content (AvgIpc) is 2.69. The molecule has 14 heteroatoms. The highest BCUT2D eigenvalue weighted by Gasteiger charge is 2.51. The number of hydrogen-bond donors (Lipinski definition) is 3. The summed E-state index contributed by atoms with van der Waals surface area (Å²) in [5, 5.41) is 6.57. The summed E-state index contributed by atoms with van der Waals surface area (Å²) >= 11 is 10.8. The van der Waals surface area contributed by atoms with Gasteiger partial charge in [0.15, 0.2) is 6.29 Å². The van der Waals surface area contributed by atoms with Gasteiger partial charge in [-0.3, -0.25) is 4.79 Å². The van der Waals surface area contributed by atoms with Gasteiger partial charge in [0.25, 0.3) is 5.84 Å². The zero-order chi connectivity index (χ0) is 20.1. The van der Waals surface area contributed by atoms with Crippen LogP contribution in [-0.2, 0) is 11.0 Å². The number of rotatable bonds is 3. The van der Waals surface area contributed by atoms with Gasteiger partial charge >= 0.3 is 11.7 Å². The van der Waals surface area contributed by atoms with Gasteiger partial charge in [-0.2, -0.15) is 26.3 Å². The average molecular weight is 440 g/mol. The van der Waals surface area contributed by atoms with Crippen molar-refractivity contribution in [2.45, 2.75) is 11.7 Å². The second-order valence-corrected chi connectivity index (χ2v) is 6.77. The number of aldehydes is 1. The lowest BCUT2D eigenvalue weighted by atomic mass is 10.2. The summed E-state index contributed by atoms with van der Waals surface area (Å²) in [5.74, 6) is 4.86. The van der Waals surface area contributed by atoms with Crippen molar-refractivity contribution in [3.8, 4) is 0 Å². The van der Waals surface area contributed by atoms with Crippen molar-refractivity contribution in [3.63, 3.8) is 0 Å². The third-order valence-electron chi connectivity index (χ3n) is 3.14. The number of hydrogen-bond acceptors (Lipinski definition) is 5. The molecule has 142 valence electrons. The molecule has 0 saturated heterocycles. The molecular formula is C12H7Cl2F6N4OS+. The first-order valence-electron chi connectivity index (χ1n) is 6.28. The monoisotopic (exact) mass is 439 g/mol. The molecule has 26 heavy (non-hydrogen) atoms. The largest absolute Gasteiger partial charge is 0.446 e. The number of quaternary nitrogens is 1. The van der Waals surface area contributed by atoms with Crippen molar-refractivity contribution in [2.24, 2.45) is 5.84 Å². The maximum absolute atomic E-state index is 12.8. The van der Waals surface area contributed by atoms with Crippen molar-refractivity contribution in [1.29, 1.82) is 5.41 Å². The van der Waals surface area contributed by atoms with E-state index in [1.54, 1.807) is 0 Å². The molecule has 0 spiro atoms. The Morgan fingerprint density at radius 2 is 1.65 bits per heavy atom. The zero-order valence-electron chi connectivity index (χ0n) is 12.1. The van der Waals surface area contributed by atoms with Gasteiger partial charge in [0.2, 0.25) is 5.69 Å². The summed E-state index contributed by atoms with van der Waals surface area (Å²) in [5.41, 5.74) is -5.15. The van der Waals surface area contributed by atoms with Crippen LogP contribution in [0.1, 0.15) is 5.56 Å². The fourth-order valence-corrected chi connectivity index (χ4v) is 3.55. The van der Waals surface area contributed by atoms with Crippen LogP contribution >= 0.6 is 35.0 Å². The predicted molar refractivity (Wildman–Crippen MR) is 85.0 cm³/mol. The molecule has 0 radical (unpaired) electrons. The number of carbonyl (C=O) groups is 1. The summed E-state index contributed by atoms with van der Waals surface area (Å²) in [6, 6.07) is 0.917. The first-order chi connectivity index (χ1) is 11.7. The predicted octanol–water partition coefficient (Wildman–Crippen LogP) is 4.35. The Morgan fingerprint density at radius 1 is 1.15 bits per heavy atom. The van der Waals surface area contributed by atoms with Crippen LogP contribution < -0.4 is 16.0 Å². The minimum Gasteiger partial charge on any atom is -0.296 e. The van der Waals surface area contributed by atoms with Gasteiger partial charge in [-0.1, -0.05) is 27.9 Å². The standard InChI is InChI=1S/C12H7Cl2F6N4OS/c13-5-1-4(11(15,16)17)2-6(14)8(5)24(22)10(21)9(7(3-25)23-24)26-12(18,19)20/h1-3,21,23H,22H2/q+1. The second kappa shape index (κ2) is 6.60. The normalized spacial score (nSPS) is 21.2. The van der Waals surface area contributed by atoms with Gasteiger partial charge < -0.3 is 0 Å². The Balaban J connectivity index is 2.57. The second-order valence-electron chi connectivity index (χ2n) is 4.88. The molecule has 0 amide bonds. The Labute approximate surface area is 155 Å². The molecule has 0 fully saturated rings. The Kier molecular flexibility index (Phi) is 5.29. The molecule has 2 rings (SSSR count). The smallest absolute Gasteiger partial charge is 0.296 e. The molecule has 1 atom stereocenters. The summed E-state index contributed by atoms with van der Waals surface area (Å²) in [7, 11) is 0. The SMILES string of the molecule is N=C1C(SC(F)(F)F)=C(C=O)N[N+]1(N)c1c(Cl)cc(C(F)(F)F)cc1Cl. The number of halogens is 8. The number of allylic oxidation sites excluding steroid dienone is 1. The van der Waals surface area contributed by atoms with Crippen LogP contribution in [0, 0.1) is 5.41 Å². The highest BCUT2D eigenvalue weighted by atomic mass is 35.5. The Morgan fingerprint density at radius 3 is 2.04 bits per heavy atom. The van der Waals surface area contributed by atoms with Gasteiger partial charge in [-0.25, -0.2) is 10.8 Å². The molecule has 1 aromatic rings. The quantitative estimate of drug-likeness (QED) is 0.283. The lowest BCUT2D eigenvalue weighted by molar-refractivity contribution is -0.137. The number of alkyl halides is 6. The lowest BCUT2D eigenvalue weighted by Gasteiger charge is -2.28. The number of amidine groups is 1. The Bertz CT molecular complexity index is 802. The molecule has 1 aliphatic heterocycles. The van der Waals surface area contributed by atoms with E-state index in [9.17, 15) is 31.1 Å². The summed E-state index contributed by atoms with van der Waals surface area (Å²) < 4.78 is 74.8. The lowest BCUT2D eigenvalue weighted by Crippen LogP contribution is -2.65. The van der Waals surface area contributed by atoms with Gasteiger partial charge in [0.05, 0.1) is 5.56 Å². The van der Waals surface area contributed by atoms with Crippen LogP contribution in [0.3, 0.4) is 0 Å². The van der Waals surface area contributed by atoms with E-state index in [2.05, 4.69) is 5.43 Å². The first kappa shape index (κ1) is 20.8. The van der Waals surface area contributed by atoms with Crippen molar-refractivity contribution < 1.29 is 31.1 Å². The van der Waals surface area contributed by atoms with E-state index >= 15 is 0 Å². The van der Waals surface area contributed by atoms with Gasteiger partial charge in [0.1, 0.15) is 20.6 Å². The van der Waals surface area contributed by atoms with E-state index in [-0.39, 0.29) is 6.29 Å². The number of benzene rings is 1. The number of nitrogens with one attached hydrogen (secondary N) is 2. The number of nitrogens with zero attached hydrogens (tertiary/aromatic N) is 1. The fourth-order valence-electron chi connectivity index (χ4n) is 2.12. The number of nitrogens with two attached hydrogens (primary N) is 1. The van der Waals surface area contributed by atoms with Crippen LogP contribution in [0.2, 0.25) is 10.0 Å². The minimum atomic E-state index is -4.85. The molecule has 0 bridgehead atoms. The van der Waals surface area contributed by atoms with Crippen LogP contribution in [0.5, 0.6) is 0 Å². The molecule has 1 aromatic carbocycles. The summed E-state index contributed by atoms with van der Waals surface area (Å²) in [6.45, 7) is 0. The maximum atomic E-state index is 12.8. The van der Waals surface area contributed by atoms with Crippen LogP contribution in [-0.4, -0.2) is 17.6 Å². The number of thioether (sulfide) groups is 1.